The SMILES string of the molecule is COCCn1c(SCC(=O)Nc2cccc(C(C)C)c2)nc2ccc(Br)cc2c1=O. The van der Waals surface area contributed by atoms with Crippen molar-refractivity contribution in [3.63, 3.8) is 0 Å². The monoisotopic (exact) mass is 489 g/mol. The van der Waals surface area contributed by atoms with E-state index in [1.807, 2.05) is 30.3 Å². The fourth-order valence-corrected chi connectivity index (χ4v) is 4.15. The standard InChI is InChI=1S/C22H24BrN3O3S/c1-14(2)15-5-4-6-17(11-15)24-20(27)13-30-22-25-19-8-7-16(23)12-18(19)21(28)26(22)9-10-29-3/h4-8,11-12,14H,9-10,13H2,1-3H3,(H,24,27). The third-order valence-corrected chi connectivity index (χ3v) is 6.04. The first-order valence-electron chi connectivity index (χ1n) is 9.60. The van der Waals surface area contributed by atoms with Crippen molar-refractivity contribution in [2.24, 2.45) is 0 Å². The smallest absolute Gasteiger partial charge is 0.262 e. The number of methoxy groups -OCH3 is 1. The molecule has 0 saturated carbocycles. The zero-order valence-electron chi connectivity index (χ0n) is 17.1. The highest BCUT2D eigenvalue weighted by Gasteiger charge is 2.14. The van der Waals surface area contributed by atoms with Crippen LogP contribution < -0.4 is 10.9 Å². The number of rotatable bonds is 8. The minimum absolute atomic E-state index is 0.146. The topological polar surface area (TPSA) is 73.2 Å². The van der Waals surface area contributed by atoms with Crippen LogP contribution in [0.25, 0.3) is 10.9 Å². The molecule has 0 unspecified atom stereocenters. The van der Waals surface area contributed by atoms with Crippen molar-refractivity contribution < 1.29 is 9.53 Å². The van der Waals surface area contributed by atoms with E-state index in [0.29, 0.717) is 35.1 Å². The molecule has 0 aliphatic heterocycles. The average Bonchev–Trinajstić information content (AvgIpc) is 2.72. The Morgan fingerprint density at radius 3 is 2.80 bits per heavy atom. The maximum absolute atomic E-state index is 13.0. The number of aromatic nitrogens is 2. The maximum atomic E-state index is 13.0. The molecule has 3 aromatic rings. The van der Waals surface area contributed by atoms with Gasteiger partial charge in [-0.2, -0.15) is 0 Å². The van der Waals surface area contributed by atoms with Crippen molar-refractivity contribution >= 4 is 50.2 Å². The number of ether oxygens (including phenoxy) is 1. The minimum Gasteiger partial charge on any atom is -0.383 e. The fourth-order valence-electron chi connectivity index (χ4n) is 2.97. The predicted molar refractivity (Wildman–Crippen MR) is 125 cm³/mol. The van der Waals surface area contributed by atoms with Gasteiger partial charge in [0, 0.05) is 17.3 Å². The van der Waals surface area contributed by atoms with E-state index in [2.05, 4.69) is 40.1 Å². The van der Waals surface area contributed by atoms with Gasteiger partial charge in [-0.05, 0) is 41.8 Å². The minimum atomic E-state index is -0.149. The van der Waals surface area contributed by atoms with E-state index >= 15 is 0 Å². The summed E-state index contributed by atoms with van der Waals surface area (Å²) in [7, 11) is 1.58. The normalized spacial score (nSPS) is 11.2. The van der Waals surface area contributed by atoms with Crippen LogP contribution in [-0.4, -0.2) is 34.9 Å². The molecular weight excluding hydrogens is 466 g/mol. The molecule has 30 heavy (non-hydrogen) atoms. The summed E-state index contributed by atoms with van der Waals surface area (Å²) in [4.78, 5) is 30.1. The van der Waals surface area contributed by atoms with Gasteiger partial charge in [0.05, 0.1) is 29.8 Å². The lowest BCUT2D eigenvalue weighted by molar-refractivity contribution is -0.113. The highest BCUT2D eigenvalue weighted by atomic mass is 79.9. The molecule has 0 spiro atoms. The van der Waals surface area contributed by atoms with Crippen LogP contribution in [0.3, 0.4) is 0 Å². The number of fused-ring (bicyclic) bond motifs is 1. The number of hydrogen-bond donors (Lipinski definition) is 1. The summed E-state index contributed by atoms with van der Waals surface area (Å²) in [6, 6.07) is 13.2. The van der Waals surface area contributed by atoms with Gasteiger partial charge in [0.1, 0.15) is 0 Å². The highest BCUT2D eigenvalue weighted by Crippen LogP contribution is 2.22. The van der Waals surface area contributed by atoms with Gasteiger partial charge in [0.2, 0.25) is 5.91 Å². The molecule has 3 rings (SSSR count). The van der Waals surface area contributed by atoms with E-state index < -0.39 is 0 Å². The molecule has 158 valence electrons. The average molecular weight is 490 g/mol. The number of anilines is 1. The van der Waals surface area contributed by atoms with Gasteiger partial charge >= 0.3 is 0 Å². The number of nitrogens with zero attached hydrogens (tertiary/aromatic N) is 2. The molecule has 8 heteroatoms. The van der Waals surface area contributed by atoms with E-state index in [4.69, 9.17) is 4.74 Å². The Bertz CT molecular complexity index is 1110. The third-order valence-electron chi connectivity index (χ3n) is 4.57. The lowest BCUT2D eigenvalue weighted by atomic mass is 10.0. The predicted octanol–water partition coefficient (Wildman–Crippen LogP) is 4.66. The molecule has 0 atom stereocenters. The zero-order valence-corrected chi connectivity index (χ0v) is 19.5. The summed E-state index contributed by atoms with van der Waals surface area (Å²) in [6.07, 6.45) is 0. The van der Waals surface area contributed by atoms with Crippen molar-refractivity contribution in [2.45, 2.75) is 31.5 Å². The number of thioether (sulfide) groups is 1. The number of benzene rings is 2. The Hall–Kier alpha value is -2.16. The first-order chi connectivity index (χ1) is 14.4. The molecule has 1 heterocycles. The van der Waals surface area contributed by atoms with Crippen molar-refractivity contribution in [1.82, 2.24) is 9.55 Å². The lowest BCUT2D eigenvalue weighted by Gasteiger charge is -2.13. The van der Waals surface area contributed by atoms with Crippen LogP contribution in [0.4, 0.5) is 5.69 Å². The summed E-state index contributed by atoms with van der Waals surface area (Å²) in [5, 5.41) is 3.95. The molecular formula is C22H24BrN3O3S. The summed E-state index contributed by atoms with van der Waals surface area (Å²) in [6.45, 7) is 4.97. The van der Waals surface area contributed by atoms with Crippen LogP contribution in [0, 0.1) is 0 Å². The number of carbonyl (C=O) groups excluding carboxylic acids is 1. The molecule has 0 aliphatic carbocycles. The van der Waals surface area contributed by atoms with Crippen LogP contribution in [0.1, 0.15) is 25.3 Å². The Kier molecular flexibility index (Phi) is 7.69. The summed E-state index contributed by atoms with van der Waals surface area (Å²) in [5.41, 5.74) is 2.38. The van der Waals surface area contributed by atoms with Crippen LogP contribution in [0.2, 0.25) is 0 Å². The molecule has 6 nitrogen and oxygen atoms in total. The molecule has 0 radical (unpaired) electrons. The first kappa shape index (κ1) is 22.5. The largest absolute Gasteiger partial charge is 0.383 e. The second kappa shape index (κ2) is 10.2. The molecule has 1 N–H and O–H groups in total. The van der Waals surface area contributed by atoms with Gasteiger partial charge in [-0.1, -0.05) is 53.7 Å². The molecule has 2 aromatic carbocycles. The third kappa shape index (κ3) is 5.50. The van der Waals surface area contributed by atoms with Crippen LogP contribution >= 0.6 is 27.7 Å². The maximum Gasteiger partial charge on any atom is 0.262 e. The number of hydrogen-bond acceptors (Lipinski definition) is 5. The number of carbonyl (C=O) groups is 1. The van der Waals surface area contributed by atoms with Crippen molar-refractivity contribution in [1.29, 1.82) is 0 Å². The van der Waals surface area contributed by atoms with Gasteiger partial charge in [0.15, 0.2) is 5.16 Å². The molecule has 0 aliphatic rings. The Morgan fingerprint density at radius 2 is 2.07 bits per heavy atom. The molecule has 0 bridgehead atoms. The van der Waals surface area contributed by atoms with E-state index in [1.165, 1.54) is 11.8 Å². The van der Waals surface area contributed by atoms with E-state index in [9.17, 15) is 9.59 Å². The van der Waals surface area contributed by atoms with Crippen molar-refractivity contribution in [3.05, 3.63) is 62.9 Å². The van der Waals surface area contributed by atoms with E-state index in [-0.39, 0.29) is 17.2 Å². The Balaban J connectivity index is 1.80. The highest BCUT2D eigenvalue weighted by molar-refractivity contribution is 9.10. The van der Waals surface area contributed by atoms with Gasteiger partial charge in [-0.15, -0.1) is 0 Å². The Morgan fingerprint density at radius 1 is 1.27 bits per heavy atom. The fraction of sp³-hybridized carbons (Fsp3) is 0.318. The van der Waals surface area contributed by atoms with Crippen LogP contribution in [0.5, 0.6) is 0 Å². The zero-order chi connectivity index (χ0) is 21.7. The summed E-state index contributed by atoms with van der Waals surface area (Å²) in [5.74, 6) is 0.380. The van der Waals surface area contributed by atoms with Crippen LogP contribution in [-0.2, 0) is 16.1 Å². The second-order valence-corrected chi connectivity index (χ2v) is 8.98. The first-order valence-corrected chi connectivity index (χ1v) is 11.4. The van der Waals surface area contributed by atoms with Gasteiger partial charge < -0.3 is 10.1 Å². The number of amides is 1. The molecule has 0 fully saturated rings. The summed E-state index contributed by atoms with van der Waals surface area (Å²) < 4.78 is 7.52. The van der Waals surface area contributed by atoms with Gasteiger partial charge in [0.25, 0.3) is 5.56 Å². The van der Waals surface area contributed by atoms with Crippen LogP contribution in [0.15, 0.2) is 56.9 Å². The Labute approximate surface area is 188 Å². The molecule has 1 amide bonds. The number of nitrogens with one attached hydrogen (secondary N) is 1. The molecule has 1 aromatic heterocycles. The quantitative estimate of drug-likeness (QED) is 0.367. The lowest BCUT2D eigenvalue weighted by Crippen LogP contribution is -2.26. The van der Waals surface area contributed by atoms with Gasteiger partial charge in [-0.3, -0.25) is 14.2 Å². The van der Waals surface area contributed by atoms with E-state index in [0.717, 1.165) is 15.7 Å². The second-order valence-electron chi connectivity index (χ2n) is 7.12. The van der Waals surface area contributed by atoms with E-state index in [1.54, 1.807) is 23.8 Å². The van der Waals surface area contributed by atoms with Crippen molar-refractivity contribution in [3.8, 4) is 0 Å². The van der Waals surface area contributed by atoms with Gasteiger partial charge in [-0.25, -0.2) is 4.98 Å². The van der Waals surface area contributed by atoms with Crippen molar-refractivity contribution in [2.75, 3.05) is 24.8 Å². The number of halogens is 1. The summed E-state index contributed by atoms with van der Waals surface area (Å²) >= 11 is 4.64. The molecule has 0 saturated heterocycles.